The highest BCUT2D eigenvalue weighted by atomic mass is 31.2. The molecule has 0 aromatic carbocycles. The molecule has 8 heteroatoms. The predicted molar refractivity (Wildman–Crippen MR) is 176 cm³/mol. The lowest BCUT2D eigenvalue weighted by Crippen LogP contribution is -2.37. The minimum atomic E-state index is -4.37. The van der Waals surface area contributed by atoms with Gasteiger partial charge in [0.1, 0.15) is 19.3 Å². The van der Waals surface area contributed by atoms with Gasteiger partial charge in [-0.25, -0.2) is 0 Å². The second-order valence-corrected chi connectivity index (χ2v) is 14.6. The van der Waals surface area contributed by atoms with Crippen LogP contribution < -0.4 is 4.89 Å². The van der Waals surface area contributed by atoms with Gasteiger partial charge in [-0.3, -0.25) is 4.57 Å². The molecule has 254 valence electrons. The average Bonchev–Trinajstić information content (AvgIpc) is 2.93. The number of hydrogen-bond acceptors (Lipinski definition) is 6. The highest BCUT2D eigenvalue weighted by Crippen LogP contribution is 2.38. The van der Waals surface area contributed by atoms with Gasteiger partial charge < -0.3 is 27.9 Å². The Bertz CT molecular complexity index is 601. The van der Waals surface area contributed by atoms with Crippen molar-refractivity contribution in [1.29, 1.82) is 0 Å². The number of rotatable bonds is 34. The fourth-order valence-electron chi connectivity index (χ4n) is 4.88. The van der Waals surface area contributed by atoms with Crippen LogP contribution in [0.1, 0.15) is 155 Å². The second kappa shape index (κ2) is 29.7. The minimum Gasteiger partial charge on any atom is -0.756 e. The third kappa shape index (κ3) is 32.9. The van der Waals surface area contributed by atoms with E-state index in [4.69, 9.17) is 18.5 Å². The van der Waals surface area contributed by atoms with E-state index in [0.717, 1.165) is 19.3 Å². The van der Waals surface area contributed by atoms with E-state index in [2.05, 4.69) is 13.8 Å². The summed E-state index contributed by atoms with van der Waals surface area (Å²) >= 11 is 0. The number of likely N-dealkylation sites (N-methyl/N-ethyl adjacent to an activating group) is 1. The molecule has 0 radical (unpaired) electrons. The van der Waals surface area contributed by atoms with E-state index in [0.29, 0.717) is 30.8 Å². The first-order valence-electron chi connectivity index (χ1n) is 17.8. The first-order valence-corrected chi connectivity index (χ1v) is 19.3. The molecule has 42 heavy (non-hydrogen) atoms. The molecular formula is C34H72NO6P. The van der Waals surface area contributed by atoms with Crippen molar-refractivity contribution in [2.45, 2.75) is 161 Å². The Hall–Kier alpha value is -0.0100. The Morgan fingerprint density at radius 3 is 1.38 bits per heavy atom. The van der Waals surface area contributed by atoms with Crippen LogP contribution in [-0.4, -0.2) is 71.3 Å². The first-order chi connectivity index (χ1) is 20.2. The van der Waals surface area contributed by atoms with Gasteiger partial charge in [0.15, 0.2) is 0 Å². The van der Waals surface area contributed by atoms with Gasteiger partial charge in [0.25, 0.3) is 7.82 Å². The molecule has 7 nitrogen and oxygen atoms in total. The average molecular weight is 622 g/mol. The number of hydrogen-bond donors (Lipinski definition) is 0. The molecule has 0 bridgehead atoms. The summed E-state index contributed by atoms with van der Waals surface area (Å²) in [5.74, 6) is 0. The van der Waals surface area contributed by atoms with E-state index in [9.17, 15) is 9.46 Å². The van der Waals surface area contributed by atoms with Crippen molar-refractivity contribution in [2.24, 2.45) is 0 Å². The third-order valence-electron chi connectivity index (χ3n) is 7.73. The van der Waals surface area contributed by atoms with Gasteiger partial charge in [-0.1, -0.05) is 142 Å². The van der Waals surface area contributed by atoms with E-state index < -0.39 is 13.9 Å². The molecule has 0 aliphatic heterocycles. The lowest BCUT2D eigenvalue weighted by Gasteiger charge is -2.28. The molecule has 0 aliphatic carbocycles. The summed E-state index contributed by atoms with van der Waals surface area (Å²) in [4.78, 5) is 12.3. The number of phosphoric acid groups is 1. The Balaban J connectivity index is 4.15. The van der Waals surface area contributed by atoms with Crippen LogP contribution >= 0.6 is 7.82 Å². The zero-order valence-electron chi connectivity index (χ0n) is 28.7. The van der Waals surface area contributed by atoms with Crippen molar-refractivity contribution >= 4 is 7.82 Å². The first kappa shape index (κ1) is 42.0. The predicted octanol–water partition coefficient (Wildman–Crippen LogP) is 9.22. The lowest BCUT2D eigenvalue weighted by molar-refractivity contribution is -0.870. The maximum atomic E-state index is 12.3. The summed E-state index contributed by atoms with van der Waals surface area (Å²) in [5.41, 5.74) is 0. The zero-order chi connectivity index (χ0) is 31.2. The summed E-state index contributed by atoms with van der Waals surface area (Å²) < 4.78 is 35.0. The molecule has 0 saturated carbocycles. The van der Waals surface area contributed by atoms with E-state index in [1.54, 1.807) is 0 Å². The minimum absolute atomic E-state index is 0.0680. The van der Waals surface area contributed by atoms with Gasteiger partial charge in [0.05, 0.1) is 34.4 Å². The second-order valence-electron chi connectivity index (χ2n) is 13.2. The SMILES string of the molecule is CCCCCCCCCCCCCOCC(COP(=O)([O-])OCC[N+](C)(C)C)OCCCCCCCCCCCCC. The van der Waals surface area contributed by atoms with Crippen LogP contribution in [0.5, 0.6) is 0 Å². The van der Waals surface area contributed by atoms with E-state index in [1.807, 2.05) is 21.1 Å². The van der Waals surface area contributed by atoms with Crippen molar-refractivity contribution in [3.8, 4) is 0 Å². The fourth-order valence-corrected chi connectivity index (χ4v) is 5.61. The largest absolute Gasteiger partial charge is 0.756 e. The van der Waals surface area contributed by atoms with E-state index >= 15 is 0 Å². The molecule has 0 saturated heterocycles. The van der Waals surface area contributed by atoms with Crippen LogP contribution in [0.2, 0.25) is 0 Å². The zero-order valence-corrected chi connectivity index (χ0v) is 29.6. The molecule has 0 aromatic rings. The molecule has 2 unspecified atom stereocenters. The maximum Gasteiger partial charge on any atom is 0.268 e. The van der Waals surface area contributed by atoms with Gasteiger partial charge in [-0.2, -0.15) is 0 Å². The molecular weight excluding hydrogens is 549 g/mol. The normalized spacial score (nSPS) is 14.3. The Morgan fingerprint density at radius 2 is 0.952 bits per heavy atom. The smallest absolute Gasteiger partial charge is 0.268 e. The van der Waals surface area contributed by atoms with Gasteiger partial charge in [-0.05, 0) is 12.8 Å². The molecule has 0 aliphatic rings. The quantitative estimate of drug-likeness (QED) is 0.0405. The summed E-state index contributed by atoms with van der Waals surface area (Å²) in [5, 5.41) is 0. The Morgan fingerprint density at radius 1 is 0.548 bits per heavy atom. The van der Waals surface area contributed by atoms with E-state index in [-0.39, 0.29) is 13.2 Å². The molecule has 0 spiro atoms. The van der Waals surface area contributed by atoms with Crippen LogP contribution in [0.15, 0.2) is 0 Å². The van der Waals surface area contributed by atoms with Crippen molar-refractivity contribution in [3.05, 3.63) is 0 Å². The van der Waals surface area contributed by atoms with Crippen LogP contribution in [0.3, 0.4) is 0 Å². The van der Waals surface area contributed by atoms with Gasteiger partial charge >= 0.3 is 0 Å². The van der Waals surface area contributed by atoms with Crippen molar-refractivity contribution in [1.82, 2.24) is 0 Å². The van der Waals surface area contributed by atoms with Crippen molar-refractivity contribution < 1.29 is 32.5 Å². The fraction of sp³-hybridized carbons (Fsp3) is 1.00. The van der Waals surface area contributed by atoms with Crippen LogP contribution in [-0.2, 0) is 23.1 Å². The maximum absolute atomic E-state index is 12.3. The number of unbranched alkanes of at least 4 members (excludes halogenated alkanes) is 20. The molecule has 0 heterocycles. The number of nitrogens with zero attached hydrogens (tertiary/aromatic N) is 1. The van der Waals surface area contributed by atoms with E-state index in [1.165, 1.54) is 122 Å². The number of ether oxygens (including phenoxy) is 2. The summed E-state index contributed by atoms with van der Waals surface area (Å²) in [6.45, 7) is 6.75. The summed E-state index contributed by atoms with van der Waals surface area (Å²) in [6, 6.07) is 0. The highest BCUT2D eigenvalue weighted by Gasteiger charge is 2.17. The standard InChI is InChI=1S/C34H72NO6P/c1-6-8-10-12-14-16-18-20-22-24-26-29-38-32-34(33-41-42(36,37)40-31-28-35(3,4)5)39-30-27-25-23-21-19-17-15-13-11-9-7-2/h34H,6-33H2,1-5H3. The topological polar surface area (TPSA) is 77.1 Å². The lowest BCUT2D eigenvalue weighted by atomic mass is 10.1. The molecule has 0 N–H and O–H groups in total. The van der Waals surface area contributed by atoms with Gasteiger partial charge in [0, 0.05) is 13.2 Å². The van der Waals surface area contributed by atoms with Gasteiger partial charge in [0.2, 0.25) is 0 Å². The Kier molecular flexibility index (Phi) is 29.7. The van der Waals surface area contributed by atoms with Crippen LogP contribution in [0, 0.1) is 0 Å². The molecule has 0 fully saturated rings. The molecule has 0 amide bonds. The Labute approximate surface area is 262 Å². The highest BCUT2D eigenvalue weighted by molar-refractivity contribution is 7.45. The third-order valence-corrected chi connectivity index (χ3v) is 8.69. The number of quaternary nitrogens is 1. The molecule has 2 atom stereocenters. The van der Waals surface area contributed by atoms with Crippen molar-refractivity contribution in [2.75, 3.05) is 60.7 Å². The van der Waals surface area contributed by atoms with Gasteiger partial charge in [-0.15, -0.1) is 0 Å². The van der Waals surface area contributed by atoms with Crippen LogP contribution in [0.4, 0.5) is 0 Å². The summed E-state index contributed by atoms with van der Waals surface area (Å²) in [6.07, 6.45) is 28.0. The number of phosphoric ester groups is 1. The molecule has 0 rings (SSSR count). The summed E-state index contributed by atoms with van der Waals surface area (Å²) in [7, 11) is 1.60. The monoisotopic (exact) mass is 622 g/mol. The van der Waals surface area contributed by atoms with Crippen LogP contribution in [0.25, 0.3) is 0 Å². The molecule has 0 aromatic heterocycles. The van der Waals surface area contributed by atoms with Crippen molar-refractivity contribution in [3.63, 3.8) is 0 Å².